The molecule has 0 spiro atoms. The van der Waals surface area contributed by atoms with Crippen LogP contribution in [0.3, 0.4) is 0 Å². The van der Waals surface area contributed by atoms with Gasteiger partial charge in [0.15, 0.2) is 0 Å². The van der Waals surface area contributed by atoms with Crippen LogP contribution in [0, 0.1) is 0 Å². The summed E-state index contributed by atoms with van der Waals surface area (Å²) in [6.07, 6.45) is -2.50. The van der Waals surface area contributed by atoms with Gasteiger partial charge in [-0.05, 0) is 24.3 Å². The van der Waals surface area contributed by atoms with Crippen molar-refractivity contribution in [1.82, 2.24) is 0 Å². The fraction of sp³-hybridized carbons (Fsp3) is 0.167. The van der Waals surface area contributed by atoms with Crippen LogP contribution in [0.5, 0.6) is 0 Å². The highest BCUT2D eigenvalue weighted by Gasteiger charge is 2.09. The van der Waals surface area contributed by atoms with Gasteiger partial charge < -0.3 is 11.1 Å². The predicted molar refractivity (Wildman–Crippen MR) is 72.5 cm³/mol. The molecule has 0 radical (unpaired) electrons. The maximum atomic E-state index is 12.4. The molecule has 2 rings (SSSR count). The third-order valence-electron chi connectivity index (χ3n) is 2.41. The predicted octanol–water partition coefficient (Wildman–Crippen LogP) is 4.53. The molecule has 2 aromatic rings. The van der Waals surface area contributed by atoms with Crippen LogP contribution >= 0.6 is 22.9 Å². The number of anilines is 2. The number of hydrogen-bond donors (Lipinski definition) is 2. The van der Waals surface area contributed by atoms with Crippen molar-refractivity contribution in [2.24, 2.45) is 0 Å². The summed E-state index contributed by atoms with van der Waals surface area (Å²) in [5.41, 5.74) is 6.60. The number of benzene rings is 1. The Bertz CT molecular complexity index is 543. The van der Waals surface area contributed by atoms with Crippen molar-refractivity contribution in [1.29, 1.82) is 0 Å². The van der Waals surface area contributed by atoms with Crippen molar-refractivity contribution >= 4 is 34.3 Å². The number of halogens is 3. The molecule has 0 atom stereocenters. The van der Waals surface area contributed by atoms with E-state index < -0.39 is 6.43 Å². The minimum Gasteiger partial charge on any atom is -0.397 e. The molecule has 0 unspecified atom stereocenters. The number of hydrogen-bond acceptors (Lipinski definition) is 3. The van der Waals surface area contributed by atoms with Gasteiger partial charge in [-0.1, -0.05) is 17.7 Å². The second-order valence-electron chi connectivity index (χ2n) is 3.71. The maximum Gasteiger partial charge on any atom is 0.263 e. The number of thiophene rings is 1. The molecule has 6 heteroatoms. The molecule has 0 amide bonds. The smallest absolute Gasteiger partial charge is 0.263 e. The quantitative estimate of drug-likeness (QED) is 0.811. The average Bonchev–Trinajstić information content (AvgIpc) is 2.73. The molecular formula is C12H11ClF2N2S. The van der Waals surface area contributed by atoms with E-state index in [1.54, 1.807) is 6.07 Å². The lowest BCUT2D eigenvalue weighted by molar-refractivity contribution is 0.151. The fourth-order valence-electron chi connectivity index (χ4n) is 1.51. The van der Waals surface area contributed by atoms with E-state index in [0.29, 0.717) is 22.3 Å². The highest BCUT2D eigenvalue weighted by molar-refractivity contribution is 7.16. The first-order valence-electron chi connectivity index (χ1n) is 5.22. The first-order valence-corrected chi connectivity index (χ1v) is 6.41. The van der Waals surface area contributed by atoms with Crippen molar-refractivity contribution < 1.29 is 8.78 Å². The third kappa shape index (κ3) is 3.11. The molecule has 1 heterocycles. The Hall–Kier alpha value is -1.33. The third-order valence-corrected chi connectivity index (χ3v) is 3.64. The van der Waals surface area contributed by atoms with E-state index in [0.717, 1.165) is 4.88 Å². The zero-order valence-corrected chi connectivity index (χ0v) is 10.9. The Morgan fingerprint density at radius 1 is 1.28 bits per heavy atom. The standard InChI is InChI=1S/C12H11ClF2N2S/c13-11-4-2-8(18-11)6-17-10-3-1-7(12(14)15)5-9(10)16/h1-5,12,17H,6,16H2. The minimum atomic E-state index is -2.50. The van der Waals surface area contributed by atoms with Crippen molar-refractivity contribution in [2.75, 3.05) is 11.1 Å². The fourth-order valence-corrected chi connectivity index (χ4v) is 2.53. The van der Waals surface area contributed by atoms with Gasteiger partial charge in [-0.2, -0.15) is 0 Å². The van der Waals surface area contributed by atoms with Crippen LogP contribution in [0.1, 0.15) is 16.9 Å². The second kappa shape index (κ2) is 5.54. The van der Waals surface area contributed by atoms with Gasteiger partial charge in [0, 0.05) is 17.0 Å². The largest absolute Gasteiger partial charge is 0.397 e. The molecule has 0 saturated carbocycles. The molecule has 0 fully saturated rings. The molecule has 96 valence electrons. The van der Waals surface area contributed by atoms with Gasteiger partial charge >= 0.3 is 0 Å². The summed E-state index contributed by atoms with van der Waals surface area (Å²) in [6.45, 7) is 0.565. The van der Waals surface area contributed by atoms with Gasteiger partial charge in [-0.3, -0.25) is 0 Å². The van der Waals surface area contributed by atoms with Gasteiger partial charge in [0.2, 0.25) is 0 Å². The van der Waals surface area contributed by atoms with Crippen LogP contribution in [0.15, 0.2) is 30.3 Å². The molecule has 0 saturated heterocycles. The van der Waals surface area contributed by atoms with Crippen LogP contribution in [0.25, 0.3) is 0 Å². The molecule has 1 aromatic carbocycles. The monoisotopic (exact) mass is 288 g/mol. The highest BCUT2D eigenvalue weighted by atomic mass is 35.5. The summed E-state index contributed by atoms with van der Waals surface area (Å²) in [5.74, 6) is 0. The van der Waals surface area contributed by atoms with Gasteiger partial charge in [0.1, 0.15) is 0 Å². The lowest BCUT2D eigenvalue weighted by Gasteiger charge is -2.09. The van der Waals surface area contributed by atoms with E-state index in [2.05, 4.69) is 5.32 Å². The van der Waals surface area contributed by atoms with Crippen LogP contribution in [0.4, 0.5) is 20.2 Å². The van der Waals surface area contributed by atoms with Crippen molar-refractivity contribution in [3.63, 3.8) is 0 Å². The summed E-state index contributed by atoms with van der Waals surface area (Å²) < 4.78 is 25.6. The average molecular weight is 289 g/mol. The number of nitrogens with two attached hydrogens (primary N) is 1. The number of nitrogen functional groups attached to an aromatic ring is 1. The van der Waals surface area contributed by atoms with E-state index in [-0.39, 0.29) is 5.56 Å². The summed E-state index contributed by atoms with van der Waals surface area (Å²) in [6, 6.07) is 7.93. The van der Waals surface area contributed by atoms with Crippen molar-refractivity contribution in [3.8, 4) is 0 Å². The van der Waals surface area contributed by atoms with Gasteiger partial charge in [-0.15, -0.1) is 11.3 Å². The Kier molecular flexibility index (Phi) is 4.04. The number of alkyl halides is 2. The van der Waals surface area contributed by atoms with E-state index in [1.807, 2.05) is 12.1 Å². The summed E-state index contributed by atoms with van der Waals surface area (Å²) in [7, 11) is 0. The van der Waals surface area contributed by atoms with E-state index in [4.69, 9.17) is 17.3 Å². The maximum absolute atomic E-state index is 12.4. The SMILES string of the molecule is Nc1cc(C(F)F)ccc1NCc1ccc(Cl)s1. The van der Waals surface area contributed by atoms with Crippen molar-refractivity contribution in [2.45, 2.75) is 13.0 Å². The first-order chi connectivity index (χ1) is 8.56. The molecule has 2 nitrogen and oxygen atoms in total. The molecule has 18 heavy (non-hydrogen) atoms. The summed E-state index contributed by atoms with van der Waals surface area (Å²) >= 11 is 7.27. The van der Waals surface area contributed by atoms with E-state index in [9.17, 15) is 8.78 Å². The Morgan fingerprint density at radius 3 is 2.61 bits per heavy atom. The topological polar surface area (TPSA) is 38.0 Å². The Morgan fingerprint density at radius 2 is 2.06 bits per heavy atom. The number of nitrogens with one attached hydrogen (secondary N) is 1. The zero-order chi connectivity index (χ0) is 13.1. The summed E-state index contributed by atoms with van der Waals surface area (Å²) in [4.78, 5) is 1.05. The molecule has 0 aliphatic heterocycles. The molecule has 0 aliphatic carbocycles. The van der Waals surface area contributed by atoms with Gasteiger partial charge in [0.05, 0.1) is 15.7 Å². The van der Waals surface area contributed by atoms with Gasteiger partial charge in [-0.25, -0.2) is 8.78 Å². The first kappa shape index (κ1) is 13.1. The van der Waals surface area contributed by atoms with Crippen LogP contribution in [-0.2, 0) is 6.54 Å². The lowest BCUT2D eigenvalue weighted by Crippen LogP contribution is -2.02. The Labute approximate surface area is 112 Å². The normalized spacial score (nSPS) is 10.9. The van der Waals surface area contributed by atoms with Crippen LogP contribution < -0.4 is 11.1 Å². The second-order valence-corrected chi connectivity index (χ2v) is 5.51. The lowest BCUT2D eigenvalue weighted by atomic mass is 10.2. The van der Waals surface area contributed by atoms with Crippen LogP contribution in [-0.4, -0.2) is 0 Å². The molecule has 0 bridgehead atoms. The molecule has 0 aliphatic rings. The highest BCUT2D eigenvalue weighted by Crippen LogP contribution is 2.27. The number of rotatable bonds is 4. The minimum absolute atomic E-state index is 0.0720. The molecule has 3 N–H and O–H groups in total. The van der Waals surface area contributed by atoms with E-state index in [1.165, 1.54) is 23.5 Å². The summed E-state index contributed by atoms with van der Waals surface area (Å²) in [5, 5.41) is 3.09. The van der Waals surface area contributed by atoms with Crippen molar-refractivity contribution in [3.05, 3.63) is 45.1 Å². The van der Waals surface area contributed by atoms with Gasteiger partial charge in [0.25, 0.3) is 6.43 Å². The Balaban J connectivity index is 2.05. The van der Waals surface area contributed by atoms with Crippen LogP contribution in [0.2, 0.25) is 4.34 Å². The van der Waals surface area contributed by atoms with E-state index >= 15 is 0 Å². The zero-order valence-electron chi connectivity index (χ0n) is 9.29. The molecular weight excluding hydrogens is 278 g/mol. The molecule has 1 aromatic heterocycles.